The number of carboxylic acids is 1. The summed E-state index contributed by atoms with van der Waals surface area (Å²) in [6.07, 6.45) is -4.22. The number of thiazole rings is 1. The number of carbonyl (C=O) groups is 1. The highest BCUT2D eigenvalue weighted by molar-refractivity contribution is 7.12. The van der Waals surface area contributed by atoms with Gasteiger partial charge in [0, 0.05) is 10.9 Å². The molecule has 0 amide bonds. The zero-order chi connectivity index (χ0) is 18.2. The maximum Gasteiger partial charge on any atom is 0.434 e. The van der Waals surface area contributed by atoms with E-state index in [-0.39, 0.29) is 5.13 Å². The largest absolute Gasteiger partial charge is 0.497 e. The van der Waals surface area contributed by atoms with Crippen LogP contribution in [0.1, 0.15) is 16.1 Å². The molecular formula is C15H10F3N3O3S. The van der Waals surface area contributed by atoms with Gasteiger partial charge in [-0.25, -0.2) is 14.5 Å². The van der Waals surface area contributed by atoms with Gasteiger partial charge in [-0.05, 0) is 12.1 Å². The number of methoxy groups -OCH3 is 1. The van der Waals surface area contributed by atoms with Crippen LogP contribution in [0, 0.1) is 0 Å². The van der Waals surface area contributed by atoms with E-state index in [9.17, 15) is 18.0 Å². The Morgan fingerprint density at radius 2 is 2.12 bits per heavy atom. The zero-order valence-corrected chi connectivity index (χ0v) is 13.4. The smallest absolute Gasteiger partial charge is 0.434 e. The van der Waals surface area contributed by atoms with Crippen LogP contribution in [0.3, 0.4) is 0 Å². The first-order chi connectivity index (χ1) is 11.8. The van der Waals surface area contributed by atoms with Crippen LogP contribution in [-0.2, 0) is 6.18 Å². The number of hydrogen-bond donors (Lipinski definition) is 1. The van der Waals surface area contributed by atoms with Gasteiger partial charge in [-0.2, -0.15) is 18.3 Å². The summed E-state index contributed by atoms with van der Waals surface area (Å²) < 4.78 is 45.4. The van der Waals surface area contributed by atoms with Gasteiger partial charge in [-0.3, -0.25) is 0 Å². The van der Waals surface area contributed by atoms with Crippen LogP contribution >= 0.6 is 11.3 Å². The summed E-state index contributed by atoms with van der Waals surface area (Å²) in [5.41, 5.74) is -1.21. The van der Waals surface area contributed by atoms with Gasteiger partial charge < -0.3 is 9.84 Å². The summed E-state index contributed by atoms with van der Waals surface area (Å²) in [6, 6.07) is 6.88. The second-order valence-electron chi connectivity index (χ2n) is 4.87. The number of halogens is 3. The number of rotatable bonds is 4. The third-order valence-corrected chi connectivity index (χ3v) is 4.12. The molecule has 1 aromatic carbocycles. The summed E-state index contributed by atoms with van der Waals surface area (Å²) in [5.74, 6) is -1.13. The average Bonchev–Trinajstić information content (AvgIpc) is 3.21. The first-order valence-electron chi connectivity index (χ1n) is 6.80. The standard InChI is InChI=1S/C15H10F3N3O3S/c1-24-9-4-2-3-8(5-9)11-7-25-14(20-11)21-12(15(16,17)18)10(6-19-21)13(22)23/h2-7H,1H3,(H,22,23). The first kappa shape index (κ1) is 17.0. The normalized spacial score (nSPS) is 11.5. The van der Waals surface area contributed by atoms with Crippen molar-refractivity contribution in [2.24, 2.45) is 0 Å². The Balaban J connectivity index is 2.07. The topological polar surface area (TPSA) is 77.2 Å². The molecule has 0 radical (unpaired) electrons. The minimum Gasteiger partial charge on any atom is -0.497 e. The van der Waals surface area contributed by atoms with Crippen LogP contribution in [0.5, 0.6) is 5.75 Å². The van der Waals surface area contributed by atoms with Crippen molar-refractivity contribution in [3.63, 3.8) is 0 Å². The zero-order valence-electron chi connectivity index (χ0n) is 12.6. The van der Waals surface area contributed by atoms with Gasteiger partial charge >= 0.3 is 12.1 Å². The fourth-order valence-corrected chi connectivity index (χ4v) is 2.99. The number of nitrogens with zero attached hydrogens (tertiary/aromatic N) is 3. The number of aromatic carboxylic acids is 1. The lowest BCUT2D eigenvalue weighted by Crippen LogP contribution is -2.17. The van der Waals surface area contributed by atoms with Crippen LogP contribution in [0.15, 0.2) is 35.8 Å². The second kappa shape index (κ2) is 6.20. The molecule has 0 atom stereocenters. The lowest BCUT2D eigenvalue weighted by molar-refractivity contribution is -0.143. The number of aromatic nitrogens is 3. The molecule has 0 spiro atoms. The molecule has 0 saturated heterocycles. The number of hydrogen-bond acceptors (Lipinski definition) is 5. The van der Waals surface area contributed by atoms with E-state index in [1.807, 2.05) is 0 Å². The van der Waals surface area contributed by atoms with Crippen molar-refractivity contribution in [1.82, 2.24) is 14.8 Å². The molecule has 3 rings (SSSR count). The molecule has 0 aliphatic heterocycles. The molecule has 25 heavy (non-hydrogen) atoms. The predicted octanol–water partition coefficient (Wildman–Crippen LogP) is 3.72. The molecule has 0 saturated carbocycles. The van der Waals surface area contributed by atoms with E-state index in [0.717, 1.165) is 11.3 Å². The van der Waals surface area contributed by atoms with Crippen LogP contribution in [0.4, 0.5) is 13.2 Å². The quantitative estimate of drug-likeness (QED) is 0.758. The minimum absolute atomic E-state index is 0.0855. The lowest BCUT2D eigenvalue weighted by Gasteiger charge is -2.09. The highest BCUT2D eigenvalue weighted by Crippen LogP contribution is 2.35. The van der Waals surface area contributed by atoms with Crippen molar-refractivity contribution in [2.75, 3.05) is 7.11 Å². The molecule has 130 valence electrons. The second-order valence-corrected chi connectivity index (χ2v) is 5.71. The van der Waals surface area contributed by atoms with Crippen molar-refractivity contribution >= 4 is 17.3 Å². The van der Waals surface area contributed by atoms with Gasteiger partial charge in [0.25, 0.3) is 0 Å². The Morgan fingerprint density at radius 3 is 2.76 bits per heavy atom. The van der Waals surface area contributed by atoms with Crippen molar-refractivity contribution in [2.45, 2.75) is 6.18 Å². The Bertz CT molecular complexity index is 933. The van der Waals surface area contributed by atoms with Crippen molar-refractivity contribution in [3.05, 3.63) is 47.1 Å². The number of carboxylic acid groups (broad SMARTS) is 1. The SMILES string of the molecule is COc1cccc(-c2csc(-n3ncc(C(=O)O)c3C(F)(F)F)n2)c1. The van der Waals surface area contributed by atoms with Crippen molar-refractivity contribution in [1.29, 1.82) is 0 Å². The van der Waals surface area contributed by atoms with Gasteiger partial charge in [0.2, 0.25) is 5.13 Å². The number of ether oxygens (including phenoxy) is 1. The summed E-state index contributed by atoms with van der Waals surface area (Å²) in [6.45, 7) is 0. The van der Waals surface area contributed by atoms with Gasteiger partial charge in [0.1, 0.15) is 11.3 Å². The van der Waals surface area contributed by atoms with E-state index in [0.29, 0.717) is 27.9 Å². The molecule has 0 unspecified atom stereocenters. The molecule has 10 heteroatoms. The Hall–Kier alpha value is -2.88. The van der Waals surface area contributed by atoms with E-state index in [1.54, 1.807) is 29.6 Å². The molecule has 0 aliphatic carbocycles. The van der Waals surface area contributed by atoms with E-state index in [1.165, 1.54) is 7.11 Å². The predicted molar refractivity (Wildman–Crippen MR) is 83.2 cm³/mol. The van der Waals surface area contributed by atoms with Crippen LogP contribution < -0.4 is 4.74 Å². The Labute approximate surface area is 143 Å². The highest BCUT2D eigenvalue weighted by atomic mass is 32.1. The summed E-state index contributed by atoms with van der Waals surface area (Å²) >= 11 is 0.922. The van der Waals surface area contributed by atoms with Gasteiger partial charge in [0.15, 0.2) is 5.69 Å². The monoisotopic (exact) mass is 369 g/mol. The van der Waals surface area contributed by atoms with Gasteiger partial charge in [0.05, 0.1) is 19.0 Å². The maximum absolute atomic E-state index is 13.3. The molecular weight excluding hydrogens is 359 g/mol. The highest BCUT2D eigenvalue weighted by Gasteiger charge is 2.41. The fraction of sp³-hybridized carbons (Fsp3) is 0.133. The van der Waals surface area contributed by atoms with E-state index in [2.05, 4.69) is 10.1 Å². The molecule has 6 nitrogen and oxygen atoms in total. The summed E-state index contributed by atoms with van der Waals surface area (Å²) in [5, 5.41) is 14.0. The Morgan fingerprint density at radius 1 is 1.36 bits per heavy atom. The minimum atomic E-state index is -4.88. The average molecular weight is 369 g/mol. The molecule has 0 aliphatic rings. The molecule has 1 N–H and O–H groups in total. The van der Waals surface area contributed by atoms with E-state index < -0.39 is 23.4 Å². The summed E-state index contributed by atoms with van der Waals surface area (Å²) in [4.78, 5) is 15.2. The van der Waals surface area contributed by atoms with E-state index >= 15 is 0 Å². The third-order valence-electron chi connectivity index (χ3n) is 3.31. The third kappa shape index (κ3) is 3.20. The number of benzene rings is 1. The molecule has 2 aromatic heterocycles. The van der Waals surface area contributed by atoms with E-state index in [4.69, 9.17) is 9.84 Å². The van der Waals surface area contributed by atoms with Crippen LogP contribution in [-0.4, -0.2) is 33.0 Å². The molecule has 2 heterocycles. The lowest BCUT2D eigenvalue weighted by atomic mass is 10.2. The van der Waals surface area contributed by atoms with Crippen LogP contribution in [0.2, 0.25) is 0 Å². The van der Waals surface area contributed by atoms with Gasteiger partial charge in [-0.1, -0.05) is 12.1 Å². The number of alkyl halides is 3. The maximum atomic E-state index is 13.3. The van der Waals surface area contributed by atoms with Crippen molar-refractivity contribution in [3.8, 4) is 22.1 Å². The van der Waals surface area contributed by atoms with Gasteiger partial charge in [-0.15, -0.1) is 11.3 Å². The fourth-order valence-electron chi connectivity index (χ4n) is 2.20. The molecule has 0 fully saturated rings. The van der Waals surface area contributed by atoms with Crippen LogP contribution in [0.25, 0.3) is 16.4 Å². The summed E-state index contributed by atoms with van der Waals surface area (Å²) in [7, 11) is 1.50. The first-order valence-corrected chi connectivity index (χ1v) is 7.68. The molecule has 0 bridgehead atoms. The molecule has 3 aromatic rings. The Kier molecular flexibility index (Phi) is 4.21. The van der Waals surface area contributed by atoms with Crippen molar-refractivity contribution < 1.29 is 27.8 Å².